The molecule has 1 heterocycles. The number of β-amino-alcohol motifs (C(OH)–C–C–N with tert-alkyl or cyclic N) is 1. The van der Waals surface area contributed by atoms with Crippen LogP contribution in [0.2, 0.25) is 0 Å². The molecule has 6 heteroatoms. The van der Waals surface area contributed by atoms with E-state index < -0.39 is 17.9 Å². The number of aliphatic hydroxyl groups excluding tert-OH is 1. The Morgan fingerprint density at radius 2 is 1.89 bits per heavy atom. The Bertz CT molecular complexity index is 344. The minimum Gasteiger partial charge on any atom is -0.390 e. The Morgan fingerprint density at radius 1 is 1.26 bits per heavy atom. The first-order valence-corrected chi connectivity index (χ1v) is 7.11. The Morgan fingerprint density at radius 3 is 2.53 bits per heavy atom. The van der Waals surface area contributed by atoms with E-state index in [1.807, 2.05) is 6.92 Å². The fourth-order valence-corrected chi connectivity index (χ4v) is 2.28. The van der Waals surface area contributed by atoms with Gasteiger partial charge in [-0.15, -0.1) is 0 Å². The summed E-state index contributed by atoms with van der Waals surface area (Å²) in [7, 11) is 0. The van der Waals surface area contributed by atoms with Crippen LogP contribution in [0.3, 0.4) is 0 Å². The zero-order chi connectivity index (χ0) is 13.8. The van der Waals surface area contributed by atoms with Crippen LogP contribution in [-0.4, -0.2) is 71.6 Å². The molecule has 108 valence electrons. The third-order valence-electron chi connectivity index (χ3n) is 3.54. The van der Waals surface area contributed by atoms with E-state index in [1.54, 1.807) is 4.90 Å². The van der Waals surface area contributed by atoms with Gasteiger partial charge < -0.3 is 20.2 Å². The summed E-state index contributed by atoms with van der Waals surface area (Å²) in [4.78, 5) is 26.8. The Hall–Kier alpha value is -1.14. The van der Waals surface area contributed by atoms with Crippen molar-refractivity contribution in [3.63, 3.8) is 0 Å². The predicted molar refractivity (Wildman–Crippen MR) is 70.5 cm³/mol. The molecule has 1 unspecified atom stereocenters. The van der Waals surface area contributed by atoms with Crippen LogP contribution in [0.4, 0.5) is 0 Å². The number of aliphatic hydroxyl groups is 1. The van der Waals surface area contributed by atoms with Gasteiger partial charge in [-0.1, -0.05) is 6.92 Å². The fourth-order valence-electron chi connectivity index (χ4n) is 2.28. The van der Waals surface area contributed by atoms with Crippen molar-refractivity contribution in [2.24, 2.45) is 0 Å². The van der Waals surface area contributed by atoms with Gasteiger partial charge >= 0.3 is 11.8 Å². The first kappa shape index (κ1) is 14.3. The van der Waals surface area contributed by atoms with Crippen LogP contribution in [0.1, 0.15) is 26.2 Å². The molecule has 0 aromatic heterocycles. The maximum absolute atomic E-state index is 11.9. The molecule has 19 heavy (non-hydrogen) atoms. The van der Waals surface area contributed by atoms with Crippen molar-refractivity contribution in [1.29, 1.82) is 0 Å². The highest BCUT2D eigenvalue weighted by molar-refractivity contribution is 6.35. The maximum atomic E-state index is 11.9. The van der Waals surface area contributed by atoms with Crippen molar-refractivity contribution >= 4 is 11.8 Å². The van der Waals surface area contributed by atoms with Crippen LogP contribution in [0, 0.1) is 0 Å². The van der Waals surface area contributed by atoms with Crippen molar-refractivity contribution in [2.75, 3.05) is 32.7 Å². The third-order valence-corrected chi connectivity index (χ3v) is 3.54. The van der Waals surface area contributed by atoms with E-state index in [0.29, 0.717) is 32.2 Å². The number of piperazine rings is 1. The second kappa shape index (κ2) is 6.34. The molecule has 2 aliphatic rings. The number of carbonyl (C=O) groups excluding carboxylic acids is 2. The fraction of sp³-hybridized carbons (Fsp3) is 0.846. The summed E-state index contributed by atoms with van der Waals surface area (Å²) >= 11 is 0. The third kappa shape index (κ3) is 3.91. The van der Waals surface area contributed by atoms with E-state index in [1.165, 1.54) is 17.7 Å². The monoisotopic (exact) mass is 269 g/mol. The lowest BCUT2D eigenvalue weighted by Gasteiger charge is -2.34. The number of rotatable bonds is 7. The van der Waals surface area contributed by atoms with Gasteiger partial charge in [0.25, 0.3) is 0 Å². The Kier molecular flexibility index (Phi) is 4.76. The second-order valence-electron chi connectivity index (χ2n) is 5.38. The normalized spacial score (nSPS) is 22.0. The smallest absolute Gasteiger partial charge is 0.312 e. The summed E-state index contributed by atoms with van der Waals surface area (Å²) < 4.78 is 0. The molecule has 0 bridgehead atoms. The summed E-state index contributed by atoms with van der Waals surface area (Å²) in [6.45, 7) is 4.43. The minimum absolute atomic E-state index is 0.240. The predicted octanol–water partition coefficient (Wildman–Crippen LogP) is -0.820. The first-order valence-electron chi connectivity index (χ1n) is 7.11. The number of hydrogen-bond donors (Lipinski definition) is 2. The molecule has 2 N–H and O–H groups in total. The zero-order valence-electron chi connectivity index (χ0n) is 11.5. The van der Waals surface area contributed by atoms with Gasteiger partial charge in [0.1, 0.15) is 0 Å². The average molecular weight is 269 g/mol. The molecule has 1 saturated heterocycles. The lowest BCUT2D eigenvalue weighted by atomic mass is 10.2. The van der Waals surface area contributed by atoms with Gasteiger partial charge in [0.05, 0.1) is 6.10 Å². The highest BCUT2D eigenvalue weighted by Crippen LogP contribution is 2.18. The van der Waals surface area contributed by atoms with Gasteiger partial charge in [0, 0.05) is 38.8 Å². The van der Waals surface area contributed by atoms with Gasteiger partial charge in [-0.25, -0.2) is 0 Å². The molecule has 2 amide bonds. The van der Waals surface area contributed by atoms with E-state index in [4.69, 9.17) is 0 Å². The molecule has 2 fully saturated rings. The standard InChI is InChI=1S/C13H23N3O3/c1-2-5-15-6-7-16(13(19)12(15)18)9-11(17)8-14-10-3-4-10/h10-11,14,17H,2-9H2,1H3. The molecule has 2 rings (SSSR count). The lowest BCUT2D eigenvalue weighted by molar-refractivity contribution is -0.156. The summed E-state index contributed by atoms with van der Waals surface area (Å²) in [6.07, 6.45) is 2.59. The highest BCUT2D eigenvalue weighted by atomic mass is 16.3. The molecule has 0 radical (unpaired) electrons. The molecular weight excluding hydrogens is 246 g/mol. The molecule has 0 spiro atoms. The Balaban J connectivity index is 1.77. The zero-order valence-corrected chi connectivity index (χ0v) is 11.5. The summed E-state index contributed by atoms with van der Waals surface area (Å²) in [6, 6.07) is 0.536. The highest BCUT2D eigenvalue weighted by Gasteiger charge is 2.33. The van der Waals surface area contributed by atoms with Gasteiger partial charge in [0.2, 0.25) is 0 Å². The van der Waals surface area contributed by atoms with Crippen molar-refractivity contribution < 1.29 is 14.7 Å². The van der Waals surface area contributed by atoms with Crippen molar-refractivity contribution in [2.45, 2.75) is 38.3 Å². The SMILES string of the molecule is CCCN1CCN(CC(O)CNC2CC2)C(=O)C1=O. The molecular formula is C13H23N3O3. The lowest BCUT2D eigenvalue weighted by Crippen LogP contribution is -2.56. The molecule has 1 aliphatic heterocycles. The van der Waals surface area contributed by atoms with E-state index in [0.717, 1.165) is 6.42 Å². The number of amides is 2. The molecule has 1 saturated carbocycles. The van der Waals surface area contributed by atoms with E-state index in [9.17, 15) is 14.7 Å². The summed E-state index contributed by atoms with van der Waals surface area (Å²) in [5, 5.41) is 13.1. The van der Waals surface area contributed by atoms with Gasteiger partial charge in [-0.2, -0.15) is 0 Å². The van der Waals surface area contributed by atoms with Crippen LogP contribution in [-0.2, 0) is 9.59 Å². The number of carbonyl (C=O) groups is 2. The van der Waals surface area contributed by atoms with Gasteiger partial charge in [-0.05, 0) is 19.3 Å². The summed E-state index contributed by atoms with van der Waals surface area (Å²) in [5.74, 6) is -0.916. The van der Waals surface area contributed by atoms with Crippen molar-refractivity contribution in [3.8, 4) is 0 Å². The summed E-state index contributed by atoms with van der Waals surface area (Å²) in [5.41, 5.74) is 0. The number of nitrogens with one attached hydrogen (secondary N) is 1. The minimum atomic E-state index is -0.602. The molecule has 0 aromatic rings. The van der Waals surface area contributed by atoms with Crippen LogP contribution in [0.25, 0.3) is 0 Å². The Labute approximate surface area is 113 Å². The molecule has 1 atom stereocenters. The average Bonchev–Trinajstić information content (AvgIpc) is 3.20. The molecule has 6 nitrogen and oxygen atoms in total. The van der Waals surface area contributed by atoms with Gasteiger partial charge in [0.15, 0.2) is 0 Å². The molecule has 0 aromatic carbocycles. The number of nitrogens with zero attached hydrogens (tertiary/aromatic N) is 2. The maximum Gasteiger partial charge on any atom is 0.312 e. The van der Waals surface area contributed by atoms with E-state index in [2.05, 4.69) is 5.32 Å². The van der Waals surface area contributed by atoms with Crippen LogP contribution < -0.4 is 5.32 Å². The van der Waals surface area contributed by atoms with Crippen molar-refractivity contribution in [1.82, 2.24) is 15.1 Å². The van der Waals surface area contributed by atoms with Crippen LogP contribution in [0.5, 0.6) is 0 Å². The van der Waals surface area contributed by atoms with E-state index in [-0.39, 0.29) is 6.54 Å². The van der Waals surface area contributed by atoms with Crippen molar-refractivity contribution in [3.05, 3.63) is 0 Å². The topological polar surface area (TPSA) is 72.9 Å². The number of hydrogen-bond acceptors (Lipinski definition) is 4. The van der Waals surface area contributed by atoms with Gasteiger partial charge in [-0.3, -0.25) is 9.59 Å². The largest absolute Gasteiger partial charge is 0.390 e. The quantitative estimate of drug-likeness (QED) is 0.592. The van der Waals surface area contributed by atoms with Crippen LogP contribution >= 0.6 is 0 Å². The first-order chi connectivity index (χ1) is 9.11. The van der Waals surface area contributed by atoms with Crippen LogP contribution in [0.15, 0.2) is 0 Å². The second-order valence-corrected chi connectivity index (χ2v) is 5.38. The molecule has 1 aliphatic carbocycles. The van der Waals surface area contributed by atoms with E-state index >= 15 is 0 Å².